The second-order valence-electron chi connectivity index (χ2n) is 6.36. The molecule has 0 aliphatic heterocycles. The molecule has 1 aromatic rings. The van der Waals surface area contributed by atoms with Crippen molar-refractivity contribution in [3.63, 3.8) is 0 Å². The maximum absolute atomic E-state index is 12.3. The molecule has 1 fully saturated rings. The Labute approximate surface area is 128 Å². The van der Waals surface area contributed by atoms with E-state index in [1.807, 2.05) is 6.92 Å². The quantitative estimate of drug-likeness (QED) is 0.898. The Morgan fingerprint density at radius 1 is 1.33 bits per heavy atom. The monoisotopic (exact) mass is 307 g/mol. The molecule has 2 aliphatic rings. The molecule has 0 radical (unpaired) electrons. The smallest absolute Gasteiger partial charge is 0.307 e. The van der Waals surface area contributed by atoms with Crippen molar-refractivity contribution in [1.29, 1.82) is 0 Å². The third kappa shape index (κ3) is 2.98. The molecule has 2 aliphatic carbocycles. The number of aryl methyl sites for hydroxylation is 2. The first-order valence-electron chi connectivity index (χ1n) is 7.65. The lowest BCUT2D eigenvalue weighted by molar-refractivity contribution is -0.146. The van der Waals surface area contributed by atoms with Gasteiger partial charge in [-0.2, -0.15) is 0 Å². The minimum absolute atomic E-state index is 0.0969. The minimum atomic E-state index is -0.838. The Kier molecular flexibility index (Phi) is 4.02. The van der Waals surface area contributed by atoms with Crippen LogP contribution in [-0.4, -0.2) is 17.0 Å². The Hall–Kier alpha value is -1.36. The van der Waals surface area contributed by atoms with Crippen LogP contribution in [0, 0.1) is 17.8 Å². The summed E-state index contributed by atoms with van der Waals surface area (Å²) >= 11 is 1.78. The number of amides is 1. The number of carbonyl (C=O) groups excluding carboxylic acids is 1. The molecule has 21 heavy (non-hydrogen) atoms. The van der Waals surface area contributed by atoms with Crippen molar-refractivity contribution in [3.8, 4) is 0 Å². The minimum Gasteiger partial charge on any atom is -0.481 e. The van der Waals surface area contributed by atoms with Gasteiger partial charge in [-0.05, 0) is 49.7 Å². The van der Waals surface area contributed by atoms with Gasteiger partial charge in [0.25, 0.3) is 0 Å². The molecular formula is C16H21NO3S. The van der Waals surface area contributed by atoms with Crippen LogP contribution in [0.5, 0.6) is 0 Å². The SMILES string of the molecule is CC1C[C@H](C(=O)NCc2cc3c(s2)CCC3)[C@H](C(=O)O)C1. The van der Waals surface area contributed by atoms with Crippen LogP contribution < -0.4 is 5.32 Å². The molecule has 2 N–H and O–H groups in total. The van der Waals surface area contributed by atoms with Crippen LogP contribution in [0.1, 0.15) is 41.5 Å². The number of carboxylic acids is 1. The highest BCUT2D eigenvalue weighted by atomic mass is 32.1. The van der Waals surface area contributed by atoms with Crippen molar-refractivity contribution in [2.75, 3.05) is 0 Å². The lowest BCUT2D eigenvalue weighted by atomic mass is 9.95. The fourth-order valence-electron chi connectivity index (χ4n) is 3.64. The number of hydrogen-bond donors (Lipinski definition) is 2. The van der Waals surface area contributed by atoms with Crippen LogP contribution in [-0.2, 0) is 29.0 Å². The second kappa shape index (κ2) is 5.79. The first kappa shape index (κ1) is 14.6. The lowest BCUT2D eigenvalue weighted by Gasteiger charge is -2.15. The molecule has 1 saturated carbocycles. The molecular weight excluding hydrogens is 286 g/mol. The Morgan fingerprint density at radius 2 is 2.10 bits per heavy atom. The van der Waals surface area contributed by atoms with E-state index in [4.69, 9.17) is 0 Å². The molecule has 3 rings (SSSR count). The fourth-order valence-corrected chi connectivity index (χ4v) is 4.84. The van der Waals surface area contributed by atoms with Crippen molar-refractivity contribution in [3.05, 3.63) is 21.4 Å². The van der Waals surface area contributed by atoms with Gasteiger partial charge in [-0.1, -0.05) is 6.92 Å². The molecule has 1 unspecified atom stereocenters. The van der Waals surface area contributed by atoms with Crippen LogP contribution in [0.3, 0.4) is 0 Å². The molecule has 1 amide bonds. The van der Waals surface area contributed by atoms with E-state index in [1.165, 1.54) is 21.7 Å². The highest BCUT2D eigenvalue weighted by Crippen LogP contribution is 2.36. The Morgan fingerprint density at radius 3 is 2.81 bits per heavy atom. The highest BCUT2D eigenvalue weighted by molar-refractivity contribution is 7.12. The Balaban J connectivity index is 1.59. The average Bonchev–Trinajstić information content (AvgIpc) is 3.08. The topological polar surface area (TPSA) is 66.4 Å². The summed E-state index contributed by atoms with van der Waals surface area (Å²) in [6.45, 7) is 2.56. The summed E-state index contributed by atoms with van der Waals surface area (Å²) in [7, 11) is 0. The Bertz CT molecular complexity index is 544. The van der Waals surface area contributed by atoms with E-state index in [0.29, 0.717) is 25.3 Å². The van der Waals surface area contributed by atoms with Crippen molar-refractivity contribution in [1.82, 2.24) is 5.32 Å². The molecule has 0 saturated heterocycles. The number of nitrogens with one attached hydrogen (secondary N) is 1. The summed E-state index contributed by atoms with van der Waals surface area (Å²) < 4.78 is 0. The van der Waals surface area contributed by atoms with Gasteiger partial charge in [-0.15, -0.1) is 11.3 Å². The summed E-state index contributed by atoms with van der Waals surface area (Å²) in [6, 6.07) is 2.19. The van der Waals surface area contributed by atoms with Crippen LogP contribution in [0.2, 0.25) is 0 Å². The first-order valence-corrected chi connectivity index (χ1v) is 8.47. The van der Waals surface area contributed by atoms with E-state index in [1.54, 1.807) is 11.3 Å². The van der Waals surface area contributed by atoms with Gasteiger partial charge in [0.2, 0.25) is 5.91 Å². The summed E-state index contributed by atoms with van der Waals surface area (Å²) in [5.74, 6) is -1.51. The number of aliphatic carboxylic acids is 1. The summed E-state index contributed by atoms with van der Waals surface area (Å²) in [5, 5.41) is 12.2. The zero-order chi connectivity index (χ0) is 15.0. The highest BCUT2D eigenvalue weighted by Gasteiger charge is 2.41. The number of hydrogen-bond acceptors (Lipinski definition) is 3. The summed E-state index contributed by atoms with van der Waals surface area (Å²) in [6.07, 6.45) is 4.86. The maximum Gasteiger partial charge on any atom is 0.307 e. The molecule has 4 nitrogen and oxygen atoms in total. The number of rotatable bonds is 4. The van der Waals surface area contributed by atoms with Gasteiger partial charge in [-0.3, -0.25) is 9.59 Å². The zero-order valence-corrected chi connectivity index (χ0v) is 13.0. The standard InChI is InChI=1S/C16H21NO3S/c1-9-5-12(13(6-9)16(19)20)15(18)17-8-11-7-10-3-2-4-14(10)21-11/h7,9,12-13H,2-6,8H2,1H3,(H,17,18)(H,19,20)/t9?,12-,13+/m0/s1. The molecule has 0 spiro atoms. The number of fused-ring (bicyclic) bond motifs is 1. The van der Waals surface area contributed by atoms with Crippen molar-refractivity contribution >= 4 is 23.2 Å². The van der Waals surface area contributed by atoms with E-state index in [0.717, 1.165) is 12.8 Å². The van der Waals surface area contributed by atoms with E-state index in [2.05, 4.69) is 11.4 Å². The van der Waals surface area contributed by atoms with E-state index >= 15 is 0 Å². The largest absolute Gasteiger partial charge is 0.481 e. The van der Waals surface area contributed by atoms with Gasteiger partial charge in [0, 0.05) is 9.75 Å². The fraction of sp³-hybridized carbons (Fsp3) is 0.625. The van der Waals surface area contributed by atoms with Gasteiger partial charge in [-0.25, -0.2) is 0 Å². The summed E-state index contributed by atoms with van der Waals surface area (Å²) in [4.78, 5) is 26.2. The third-order valence-corrected chi connectivity index (χ3v) is 5.92. The zero-order valence-electron chi connectivity index (χ0n) is 12.2. The molecule has 1 heterocycles. The molecule has 114 valence electrons. The van der Waals surface area contributed by atoms with Crippen molar-refractivity contribution in [2.24, 2.45) is 17.8 Å². The van der Waals surface area contributed by atoms with Gasteiger partial charge >= 0.3 is 5.97 Å². The van der Waals surface area contributed by atoms with Crippen LogP contribution in [0.25, 0.3) is 0 Å². The average molecular weight is 307 g/mol. The van der Waals surface area contributed by atoms with Crippen molar-refractivity contribution < 1.29 is 14.7 Å². The number of thiophene rings is 1. The normalized spacial score (nSPS) is 27.6. The molecule has 0 bridgehead atoms. The molecule has 3 atom stereocenters. The second-order valence-corrected chi connectivity index (χ2v) is 7.58. The van der Waals surface area contributed by atoms with Gasteiger partial charge in [0.1, 0.15) is 0 Å². The molecule has 1 aromatic heterocycles. The van der Waals surface area contributed by atoms with E-state index in [9.17, 15) is 14.7 Å². The van der Waals surface area contributed by atoms with Gasteiger partial charge in [0.05, 0.1) is 18.4 Å². The van der Waals surface area contributed by atoms with Crippen molar-refractivity contribution in [2.45, 2.75) is 45.6 Å². The predicted octanol–water partition coefficient (Wildman–Crippen LogP) is 2.60. The van der Waals surface area contributed by atoms with E-state index in [-0.39, 0.29) is 11.8 Å². The molecule has 0 aromatic carbocycles. The van der Waals surface area contributed by atoms with Gasteiger partial charge in [0.15, 0.2) is 0 Å². The summed E-state index contributed by atoms with van der Waals surface area (Å²) in [5.41, 5.74) is 1.43. The molecule has 5 heteroatoms. The third-order valence-electron chi connectivity index (χ3n) is 4.69. The van der Waals surface area contributed by atoms with Crippen LogP contribution >= 0.6 is 11.3 Å². The van der Waals surface area contributed by atoms with Crippen LogP contribution in [0.15, 0.2) is 6.07 Å². The van der Waals surface area contributed by atoms with Crippen LogP contribution in [0.4, 0.5) is 0 Å². The van der Waals surface area contributed by atoms with Gasteiger partial charge < -0.3 is 10.4 Å². The van der Waals surface area contributed by atoms with E-state index < -0.39 is 11.9 Å². The number of carboxylic acid groups (broad SMARTS) is 1. The lowest BCUT2D eigenvalue weighted by Crippen LogP contribution is -2.34. The first-order chi connectivity index (χ1) is 10.0. The maximum atomic E-state index is 12.3. The predicted molar refractivity (Wildman–Crippen MR) is 81.2 cm³/mol. The number of carbonyl (C=O) groups is 2.